The van der Waals surface area contributed by atoms with E-state index in [1.54, 1.807) is 0 Å². The summed E-state index contributed by atoms with van der Waals surface area (Å²) < 4.78 is 5.23. The van der Waals surface area contributed by atoms with E-state index in [4.69, 9.17) is 9.84 Å². The molecule has 0 aliphatic rings. The maximum atomic E-state index is 11.4. The molecule has 0 unspecified atom stereocenters. The summed E-state index contributed by atoms with van der Waals surface area (Å²) in [6.45, 7) is 3.10. The summed E-state index contributed by atoms with van der Waals surface area (Å²) in [4.78, 5) is 11.4. The van der Waals surface area contributed by atoms with Crippen molar-refractivity contribution in [2.24, 2.45) is 0 Å². The highest BCUT2D eigenvalue weighted by atomic mass is 16.5. The minimum Gasteiger partial charge on any atom is -0.466 e. The van der Waals surface area contributed by atoms with Crippen molar-refractivity contribution in [3.05, 3.63) is 0 Å². The standard InChI is InChI=1S/C20H40O3/c1-2-3-14-17-20(22)23-19-16-13-11-9-7-5-4-6-8-10-12-15-18-21/h21H,2-19H2,1H3. The van der Waals surface area contributed by atoms with Crippen LogP contribution in [0, 0.1) is 0 Å². The summed E-state index contributed by atoms with van der Waals surface area (Å²) in [7, 11) is 0. The molecule has 138 valence electrons. The first-order valence-corrected chi connectivity index (χ1v) is 10.1. The Kier molecular flexibility index (Phi) is 19.0. The van der Waals surface area contributed by atoms with E-state index < -0.39 is 0 Å². The van der Waals surface area contributed by atoms with Gasteiger partial charge in [0.15, 0.2) is 0 Å². The second kappa shape index (κ2) is 19.5. The van der Waals surface area contributed by atoms with E-state index in [0.717, 1.165) is 32.1 Å². The number of aliphatic hydroxyl groups is 1. The minimum absolute atomic E-state index is 0.0163. The summed E-state index contributed by atoms with van der Waals surface area (Å²) >= 11 is 0. The highest BCUT2D eigenvalue weighted by Crippen LogP contribution is 2.12. The lowest BCUT2D eigenvalue weighted by atomic mass is 10.1. The van der Waals surface area contributed by atoms with Gasteiger partial charge in [0, 0.05) is 13.0 Å². The average molecular weight is 329 g/mol. The highest BCUT2D eigenvalue weighted by molar-refractivity contribution is 5.69. The number of hydrogen-bond acceptors (Lipinski definition) is 3. The molecular formula is C20H40O3. The number of carbonyl (C=O) groups excluding carboxylic acids is 1. The zero-order valence-electron chi connectivity index (χ0n) is 15.5. The third-order valence-electron chi connectivity index (χ3n) is 4.30. The van der Waals surface area contributed by atoms with Crippen LogP contribution in [0.1, 0.15) is 110 Å². The lowest BCUT2D eigenvalue weighted by Crippen LogP contribution is -2.05. The van der Waals surface area contributed by atoms with Gasteiger partial charge in [0.05, 0.1) is 6.61 Å². The Hall–Kier alpha value is -0.570. The van der Waals surface area contributed by atoms with Crippen LogP contribution in [0.2, 0.25) is 0 Å². The third-order valence-corrected chi connectivity index (χ3v) is 4.30. The molecule has 0 aliphatic heterocycles. The molecule has 0 rings (SSSR count). The molecule has 0 fully saturated rings. The molecule has 0 atom stereocenters. The number of rotatable bonds is 18. The van der Waals surface area contributed by atoms with Crippen LogP contribution in [0.25, 0.3) is 0 Å². The van der Waals surface area contributed by atoms with E-state index in [0.29, 0.717) is 19.6 Å². The summed E-state index contributed by atoms with van der Waals surface area (Å²) in [5.74, 6) is -0.0163. The molecule has 0 heterocycles. The molecule has 0 aliphatic carbocycles. The first-order chi connectivity index (χ1) is 11.3. The Labute approximate surface area is 144 Å². The van der Waals surface area contributed by atoms with Gasteiger partial charge in [-0.25, -0.2) is 0 Å². The normalized spacial score (nSPS) is 10.9. The van der Waals surface area contributed by atoms with Gasteiger partial charge >= 0.3 is 5.97 Å². The summed E-state index contributed by atoms with van der Waals surface area (Å²) in [6.07, 6.45) is 18.8. The Bertz CT molecular complexity index is 241. The van der Waals surface area contributed by atoms with Gasteiger partial charge in [-0.1, -0.05) is 84.0 Å². The van der Waals surface area contributed by atoms with Crippen molar-refractivity contribution in [3.63, 3.8) is 0 Å². The number of unbranched alkanes of at least 4 members (excludes halogenated alkanes) is 13. The zero-order chi connectivity index (χ0) is 17.0. The lowest BCUT2D eigenvalue weighted by molar-refractivity contribution is -0.143. The van der Waals surface area contributed by atoms with Gasteiger partial charge in [-0.15, -0.1) is 0 Å². The highest BCUT2D eigenvalue weighted by Gasteiger charge is 2.01. The van der Waals surface area contributed by atoms with E-state index in [-0.39, 0.29) is 5.97 Å². The number of hydrogen-bond donors (Lipinski definition) is 1. The number of ether oxygens (including phenoxy) is 1. The molecule has 0 saturated carbocycles. The van der Waals surface area contributed by atoms with Crippen LogP contribution >= 0.6 is 0 Å². The minimum atomic E-state index is -0.0163. The molecule has 3 nitrogen and oxygen atoms in total. The van der Waals surface area contributed by atoms with Gasteiger partial charge in [0.1, 0.15) is 0 Å². The summed E-state index contributed by atoms with van der Waals surface area (Å²) in [6, 6.07) is 0. The van der Waals surface area contributed by atoms with Gasteiger partial charge in [-0.2, -0.15) is 0 Å². The maximum Gasteiger partial charge on any atom is 0.305 e. The van der Waals surface area contributed by atoms with Crippen molar-refractivity contribution in [1.82, 2.24) is 0 Å². The Morgan fingerprint density at radius 3 is 1.65 bits per heavy atom. The van der Waals surface area contributed by atoms with Crippen LogP contribution < -0.4 is 0 Å². The van der Waals surface area contributed by atoms with Gasteiger partial charge in [0.2, 0.25) is 0 Å². The molecule has 0 amide bonds. The van der Waals surface area contributed by atoms with Crippen molar-refractivity contribution in [1.29, 1.82) is 0 Å². The van der Waals surface area contributed by atoms with Crippen LogP contribution in [0.3, 0.4) is 0 Å². The molecule has 23 heavy (non-hydrogen) atoms. The van der Waals surface area contributed by atoms with E-state index in [2.05, 4.69) is 6.92 Å². The van der Waals surface area contributed by atoms with Crippen LogP contribution in [0.5, 0.6) is 0 Å². The quantitative estimate of drug-likeness (QED) is 0.256. The molecule has 1 N–H and O–H groups in total. The van der Waals surface area contributed by atoms with Gasteiger partial charge < -0.3 is 9.84 Å². The molecule has 0 saturated heterocycles. The molecule has 0 aromatic heterocycles. The van der Waals surface area contributed by atoms with Crippen LogP contribution in [-0.4, -0.2) is 24.3 Å². The second-order valence-corrected chi connectivity index (χ2v) is 6.64. The Morgan fingerprint density at radius 2 is 1.17 bits per heavy atom. The lowest BCUT2D eigenvalue weighted by Gasteiger charge is -2.05. The summed E-state index contributed by atoms with van der Waals surface area (Å²) in [5.41, 5.74) is 0. The molecule has 0 bridgehead atoms. The first-order valence-electron chi connectivity index (χ1n) is 10.1. The van der Waals surface area contributed by atoms with Gasteiger partial charge in [0.25, 0.3) is 0 Å². The Balaban J connectivity index is 3.06. The van der Waals surface area contributed by atoms with Gasteiger partial charge in [-0.3, -0.25) is 4.79 Å². The van der Waals surface area contributed by atoms with Crippen molar-refractivity contribution < 1.29 is 14.6 Å². The van der Waals surface area contributed by atoms with E-state index in [1.165, 1.54) is 64.2 Å². The molecule has 0 aromatic rings. The predicted octanol–water partition coefficient (Wildman–Crippen LogP) is 5.78. The van der Waals surface area contributed by atoms with Gasteiger partial charge in [-0.05, 0) is 19.3 Å². The monoisotopic (exact) mass is 328 g/mol. The molecule has 0 aromatic carbocycles. The topological polar surface area (TPSA) is 46.5 Å². The van der Waals surface area contributed by atoms with E-state index in [9.17, 15) is 4.79 Å². The smallest absolute Gasteiger partial charge is 0.305 e. The predicted molar refractivity (Wildman–Crippen MR) is 97.6 cm³/mol. The molecule has 3 heteroatoms. The number of aliphatic hydroxyl groups excluding tert-OH is 1. The van der Waals surface area contributed by atoms with E-state index in [1.807, 2.05) is 0 Å². The van der Waals surface area contributed by atoms with E-state index >= 15 is 0 Å². The number of carbonyl (C=O) groups is 1. The van der Waals surface area contributed by atoms with Crippen molar-refractivity contribution in [2.75, 3.05) is 13.2 Å². The number of esters is 1. The second-order valence-electron chi connectivity index (χ2n) is 6.64. The fourth-order valence-electron chi connectivity index (χ4n) is 2.76. The zero-order valence-corrected chi connectivity index (χ0v) is 15.5. The summed E-state index contributed by atoms with van der Waals surface area (Å²) in [5, 5.41) is 8.69. The Morgan fingerprint density at radius 1 is 0.696 bits per heavy atom. The largest absolute Gasteiger partial charge is 0.466 e. The van der Waals surface area contributed by atoms with Crippen molar-refractivity contribution in [2.45, 2.75) is 110 Å². The maximum absolute atomic E-state index is 11.4. The fourth-order valence-corrected chi connectivity index (χ4v) is 2.76. The molecule has 0 spiro atoms. The third kappa shape index (κ3) is 19.4. The van der Waals surface area contributed by atoms with Crippen LogP contribution in [0.15, 0.2) is 0 Å². The molecular weight excluding hydrogens is 288 g/mol. The van der Waals surface area contributed by atoms with Crippen molar-refractivity contribution in [3.8, 4) is 0 Å². The first kappa shape index (κ1) is 22.4. The molecule has 0 radical (unpaired) electrons. The van der Waals surface area contributed by atoms with Crippen molar-refractivity contribution >= 4 is 5.97 Å². The van der Waals surface area contributed by atoms with Crippen LogP contribution in [-0.2, 0) is 9.53 Å². The average Bonchev–Trinajstić information content (AvgIpc) is 2.55. The van der Waals surface area contributed by atoms with Crippen LogP contribution in [0.4, 0.5) is 0 Å². The fraction of sp³-hybridized carbons (Fsp3) is 0.950. The SMILES string of the molecule is CCCCCC(=O)OCCCCCCCCCCCCCCO.